The molecule has 2 saturated heterocycles. The van der Waals surface area contributed by atoms with Gasteiger partial charge in [-0.15, -0.1) is 0 Å². The van der Waals surface area contributed by atoms with Gasteiger partial charge in [0.15, 0.2) is 5.58 Å². The second-order valence-electron chi connectivity index (χ2n) is 7.31. The molecule has 1 aromatic carbocycles. The van der Waals surface area contributed by atoms with E-state index in [4.69, 9.17) is 4.42 Å². The molecule has 6 nitrogen and oxygen atoms in total. The molecule has 1 aromatic heterocycles. The lowest BCUT2D eigenvalue weighted by Gasteiger charge is -2.34. The molecule has 0 bridgehead atoms. The largest absolute Gasteiger partial charge is 0.423 e. The summed E-state index contributed by atoms with van der Waals surface area (Å²) >= 11 is 0. The monoisotopic (exact) mass is 342 g/mol. The molecule has 3 heterocycles. The van der Waals surface area contributed by atoms with Crippen LogP contribution in [-0.4, -0.2) is 43.1 Å². The summed E-state index contributed by atoms with van der Waals surface area (Å²) in [6.45, 7) is 5.78. The lowest BCUT2D eigenvalue weighted by atomic mass is 9.92. The van der Waals surface area contributed by atoms with Crippen LogP contribution in [0.5, 0.6) is 0 Å². The number of carbonyl (C=O) groups excluding carboxylic acids is 1. The van der Waals surface area contributed by atoms with Crippen molar-refractivity contribution in [2.24, 2.45) is 11.8 Å². The Hall–Kier alpha value is -2.08. The van der Waals surface area contributed by atoms with Gasteiger partial charge in [0.1, 0.15) is 5.52 Å². The van der Waals surface area contributed by atoms with Crippen molar-refractivity contribution in [1.82, 2.24) is 15.6 Å². The summed E-state index contributed by atoms with van der Waals surface area (Å²) in [6.07, 6.45) is 2.82. The highest BCUT2D eigenvalue weighted by atomic mass is 16.4. The second-order valence-corrected chi connectivity index (χ2v) is 7.31. The molecule has 1 amide bonds. The minimum Gasteiger partial charge on any atom is -0.423 e. The Morgan fingerprint density at radius 2 is 2.08 bits per heavy atom. The molecule has 25 heavy (non-hydrogen) atoms. The standard InChI is InChI=1S/C19H26N4O2/c1-13-6-9-20-12-16(13)21-18(24)14-7-10-23(11-8-14)19-22-15-4-2-3-5-17(15)25-19/h2-5,13-14,16,20H,6-12H2,1H3,(H,21,24). The molecule has 0 radical (unpaired) electrons. The topological polar surface area (TPSA) is 70.4 Å². The van der Waals surface area contributed by atoms with Crippen molar-refractivity contribution in [3.63, 3.8) is 0 Å². The molecule has 2 atom stereocenters. The number of oxazole rings is 1. The highest BCUT2D eigenvalue weighted by Gasteiger charge is 2.30. The summed E-state index contributed by atoms with van der Waals surface area (Å²) in [7, 11) is 0. The molecule has 0 aliphatic carbocycles. The predicted molar refractivity (Wildman–Crippen MR) is 97.5 cm³/mol. The Labute approximate surface area is 148 Å². The molecule has 2 aliphatic heterocycles. The number of nitrogens with one attached hydrogen (secondary N) is 2. The molecule has 0 spiro atoms. The SMILES string of the molecule is CC1CCNCC1NC(=O)C1CCN(c2nc3ccccc3o2)CC1. The van der Waals surface area contributed by atoms with Crippen LogP contribution in [0.1, 0.15) is 26.2 Å². The van der Waals surface area contributed by atoms with E-state index < -0.39 is 0 Å². The van der Waals surface area contributed by atoms with E-state index in [0.29, 0.717) is 11.9 Å². The Bertz CT molecular complexity index is 703. The van der Waals surface area contributed by atoms with Crippen molar-refractivity contribution in [3.05, 3.63) is 24.3 Å². The number of benzene rings is 1. The van der Waals surface area contributed by atoms with E-state index >= 15 is 0 Å². The van der Waals surface area contributed by atoms with Crippen molar-refractivity contribution in [3.8, 4) is 0 Å². The molecular formula is C19H26N4O2. The van der Waals surface area contributed by atoms with Gasteiger partial charge in [-0.1, -0.05) is 19.1 Å². The summed E-state index contributed by atoms with van der Waals surface area (Å²) in [4.78, 5) is 19.3. The molecule has 2 fully saturated rings. The zero-order valence-electron chi connectivity index (χ0n) is 14.7. The number of hydrogen-bond donors (Lipinski definition) is 2. The zero-order valence-corrected chi connectivity index (χ0v) is 14.7. The van der Waals surface area contributed by atoms with E-state index in [2.05, 4.69) is 27.4 Å². The van der Waals surface area contributed by atoms with E-state index in [9.17, 15) is 4.79 Å². The Kier molecular flexibility index (Phi) is 4.61. The Morgan fingerprint density at radius 1 is 1.28 bits per heavy atom. The molecule has 2 N–H and O–H groups in total. The van der Waals surface area contributed by atoms with Crippen LogP contribution in [0.2, 0.25) is 0 Å². The number of carbonyl (C=O) groups is 1. The van der Waals surface area contributed by atoms with Crippen molar-refractivity contribution in [2.75, 3.05) is 31.1 Å². The first kappa shape index (κ1) is 16.4. The van der Waals surface area contributed by atoms with Crippen molar-refractivity contribution in [1.29, 1.82) is 0 Å². The summed E-state index contributed by atoms with van der Waals surface area (Å²) in [5.74, 6) is 0.845. The van der Waals surface area contributed by atoms with Crippen molar-refractivity contribution in [2.45, 2.75) is 32.2 Å². The predicted octanol–water partition coefficient (Wildman–Crippen LogP) is 2.16. The van der Waals surface area contributed by atoms with Gasteiger partial charge in [0.2, 0.25) is 5.91 Å². The third-order valence-corrected chi connectivity index (χ3v) is 5.57. The number of anilines is 1. The maximum Gasteiger partial charge on any atom is 0.298 e. The van der Waals surface area contributed by atoms with Gasteiger partial charge in [-0.05, 0) is 43.9 Å². The highest BCUT2D eigenvalue weighted by molar-refractivity contribution is 5.79. The van der Waals surface area contributed by atoms with Crippen LogP contribution in [0.3, 0.4) is 0 Å². The molecule has 2 aliphatic rings. The van der Waals surface area contributed by atoms with Gasteiger partial charge in [-0.3, -0.25) is 4.79 Å². The molecule has 134 valence electrons. The number of fused-ring (bicyclic) bond motifs is 1. The van der Waals surface area contributed by atoms with Crippen molar-refractivity contribution >= 4 is 23.0 Å². The fraction of sp³-hybridized carbons (Fsp3) is 0.579. The summed E-state index contributed by atoms with van der Waals surface area (Å²) in [5.41, 5.74) is 1.70. The maximum absolute atomic E-state index is 12.6. The van der Waals surface area contributed by atoms with Gasteiger partial charge < -0.3 is 20.0 Å². The van der Waals surface area contributed by atoms with Gasteiger partial charge in [-0.2, -0.15) is 4.98 Å². The molecule has 2 unspecified atom stereocenters. The van der Waals surface area contributed by atoms with Gasteiger partial charge in [-0.25, -0.2) is 0 Å². The number of para-hydroxylation sites is 2. The first-order chi connectivity index (χ1) is 12.2. The van der Waals surface area contributed by atoms with Crippen LogP contribution in [0.4, 0.5) is 6.01 Å². The lowest BCUT2D eigenvalue weighted by molar-refractivity contribution is -0.126. The summed E-state index contributed by atoms with van der Waals surface area (Å²) in [5, 5.41) is 6.63. The summed E-state index contributed by atoms with van der Waals surface area (Å²) in [6, 6.07) is 8.75. The number of rotatable bonds is 3. The third-order valence-electron chi connectivity index (χ3n) is 5.57. The Morgan fingerprint density at radius 3 is 2.84 bits per heavy atom. The van der Waals surface area contributed by atoms with Gasteiger partial charge in [0.05, 0.1) is 0 Å². The quantitative estimate of drug-likeness (QED) is 0.894. The number of hydrogen-bond acceptors (Lipinski definition) is 5. The van der Waals surface area contributed by atoms with Crippen LogP contribution in [-0.2, 0) is 4.79 Å². The van der Waals surface area contributed by atoms with E-state index in [1.165, 1.54) is 0 Å². The lowest BCUT2D eigenvalue weighted by Crippen LogP contribution is -2.52. The van der Waals surface area contributed by atoms with Gasteiger partial charge in [0, 0.05) is 31.6 Å². The van der Waals surface area contributed by atoms with Crippen LogP contribution >= 0.6 is 0 Å². The average molecular weight is 342 g/mol. The number of piperidine rings is 2. The van der Waals surface area contributed by atoms with Crippen LogP contribution in [0.25, 0.3) is 11.1 Å². The van der Waals surface area contributed by atoms with E-state index in [-0.39, 0.29) is 17.9 Å². The molecule has 4 rings (SSSR count). The first-order valence-corrected chi connectivity index (χ1v) is 9.32. The Balaban J connectivity index is 1.33. The molecule has 0 saturated carbocycles. The van der Waals surface area contributed by atoms with E-state index in [1.54, 1.807) is 0 Å². The van der Waals surface area contributed by atoms with E-state index in [0.717, 1.165) is 56.5 Å². The van der Waals surface area contributed by atoms with Gasteiger partial charge >= 0.3 is 0 Å². The minimum atomic E-state index is 0.0924. The van der Waals surface area contributed by atoms with E-state index in [1.807, 2.05) is 24.3 Å². The highest BCUT2D eigenvalue weighted by Crippen LogP contribution is 2.26. The normalized spacial score (nSPS) is 25.2. The number of amides is 1. The first-order valence-electron chi connectivity index (χ1n) is 9.32. The molecule has 6 heteroatoms. The maximum atomic E-state index is 12.6. The average Bonchev–Trinajstić information content (AvgIpc) is 3.08. The van der Waals surface area contributed by atoms with Crippen LogP contribution in [0.15, 0.2) is 28.7 Å². The fourth-order valence-corrected chi connectivity index (χ4v) is 3.81. The minimum absolute atomic E-state index is 0.0924. The molecule has 2 aromatic rings. The number of aromatic nitrogens is 1. The molecular weight excluding hydrogens is 316 g/mol. The van der Waals surface area contributed by atoms with Crippen LogP contribution in [0, 0.1) is 11.8 Å². The zero-order chi connectivity index (χ0) is 17.2. The van der Waals surface area contributed by atoms with Crippen LogP contribution < -0.4 is 15.5 Å². The van der Waals surface area contributed by atoms with Gasteiger partial charge in [0.25, 0.3) is 6.01 Å². The third kappa shape index (κ3) is 3.49. The summed E-state index contributed by atoms with van der Waals surface area (Å²) < 4.78 is 5.84. The number of nitrogens with zero attached hydrogens (tertiary/aromatic N) is 2. The smallest absolute Gasteiger partial charge is 0.298 e. The van der Waals surface area contributed by atoms with Crippen molar-refractivity contribution < 1.29 is 9.21 Å². The second kappa shape index (κ2) is 7.04. The fourth-order valence-electron chi connectivity index (χ4n) is 3.81.